The fraction of sp³-hybridized carbons (Fsp3) is 0.308. The predicted octanol–water partition coefficient (Wildman–Crippen LogP) is 1.43. The molecule has 0 radical (unpaired) electrons. The highest BCUT2D eigenvalue weighted by Gasteiger charge is 2.07. The van der Waals surface area contributed by atoms with E-state index >= 15 is 0 Å². The standard InChI is InChI=1S/C13H17N3O2S/c1-3-4-11(17)15-16-13(19)14-12(18)10-7-5-9(2)6-8-10/h5-8H,3-4H2,1-2H3,(H,15,17)(H2,14,16,18,19). The number of carbonyl (C=O) groups is 2. The Morgan fingerprint density at radius 2 is 1.79 bits per heavy atom. The summed E-state index contributed by atoms with van der Waals surface area (Å²) in [4.78, 5) is 23.0. The summed E-state index contributed by atoms with van der Waals surface area (Å²) in [5.41, 5.74) is 6.47. The second kappa shape index (κ2) is 7.48. The Labute approximate surface area is 117 Å². The Bertz CT molecular complexity index is 471. The van der Waals surface area contributed by atoms with Crippen LogP contribution in [0.1, 0.15) is 35.7 Å². The van der Waals surface area contributed by atoms with Crippen LogP contribution in [0.2, 0.25) is 0 Å². The highest BCUT2D eigenvalue weighted by Crippen LogP contribution is 2.02. The fourth-order valence-electron chi connectivity index (χ4n) is 1.33. The molecule has 5 nitrogen and oxygen atoms in total. The van der Waals surface area contributed by atoms with Crippen molar-refractivity contribution >= 4 is 29.1 Å². The number of nitrogens with one attached hydrogen (secondary N) is 3. The summed E-state index contributed by atoms with van der Waals surface area (Å²) in [5.74, 6) is -0.489. The number of hydrogen-bond acceptors (Lipinski definition) is 3. The van der Waals surface area contributed by atoms with Crippen LogP contribution in [0.4, 0.5) is 0 Å². The third-order valence-electron chi connectivity index (χ3n) is 2.33. The Kier molecular flexibility index (Phi) is 5.95. The van der Waals surface area contributed by atoms with Gasteiger partial charge in [-0.2, -0.15) is 0 Å². The van der Waals surface area contributed by atoms with Gasteiger partial charge in [-0.15, -0.1) is 0 Å². The zero-order chi connectivity index (χ0) is 14.3. The third-order valence-corrected chi connectivity index (χ3v) is 2.54. The number of benzene rings is 1. The Morgan fingerprint density at radius 1 is 1.16 bits per heavy atom. The van der Waals surface area contributed by atoms with Gasteiger partial charge in [0.1, 0.15) is 0 Å². The molecule has 0 heterocycles. The highest BCUT2D eigenvalue weighted by atomic mass is 32.1. The number of carbonyl (C=O) groups excluding carboxylic acids is 2. The van der Waals surface area contributed by atoms with Gasteiger partial charge in [-0.3, -0.25) is 25.8 Å². The lowest BCUT2D eigenvalue weighted by Gasteiger charge is -2.10. The maximum absolute atomic E-state index is 11.8. The number of rotatable bonds is 3. The van der Waals surface area contributed by atoms with Crippen LogP contribution < -0.4 is 16.2 Å². The van der Waals surface area contributed by atoms with Crippen molar-refractivity contribution in [2.45, 2.75) is 26.7 Å². The van der Waals surface area contributed by atoms with Gasteiger partial charge in [0.15, 0.2) is 5.11 Å². The second-order valence-electron chi connectivity index (χ2n) is 4.07. The molecule has 3 N–H and O–H groups in total. The van der Waals surface area contributed by atoms with Crippen molar-refractivity contribution in [2.75, 3.05) is 0 Å². The lowest BCUT2D eigenvalue weighted by Crippen LogP contribution is -2.48. The minimum absolute atomic E-state index is 0.0648. The third kappa shape index (κ3) is 5.48. The van der Waals surface area contributed by atoms with Gasteiger partial charge in [0.05, 0.1) is 0 Å². The molecule has 0 bridgehead atoms. The summed E-state index contributed by atoms with van der Waals surface area (Å²) in [6.45, 7) is 3.84. The molecule has 0 aliphatic rings. The first-order valence-corrected chi connectivity index (χ1v) is 6.40. The summed E-state index contributed by atoms with van der Waals surface area (Å²) in [5, 5.41) is 2.54. The van der Waals surface area contributed by atoms with Crippen molar-refractivity contribution < 1.29 is 9.59 Å². The summed E-state index contributed by atoms with van der Waals surface area (Å²) < 4.78 is 0. The van der Waals surface area contributed by atoms with Gasteiger partial charge in [0.2, 0.25) is 5.91 Å². The minimum Gasteiger partial charge on any atom is -0.298 e. The minimum atomic E-state index is -0.317. The first-order chi connectivity index (χ1) is 9.02. The molecule has 2 amide bonds. The summed E-state index contributed by atoms with van der Waals surface area (Å²) in [6.07, 6.45) is 1.15. The fourth-order valence-corrected chi connectivity index (χ4v) is 1.47. The Balaban J connectivity index is 2.42. The molecule has 0 aliphatic heterocycles. The summed E-state index contributed by atoms with van der Waals surface area (Å²) in [7, 11) is 0. The average molecular weight is 279 g/mol. The molecular formula is C13H17N3O2S. The lowest BCUT2D eigenvalue weighted by molar-refractivity contribution is -0.121. The van der Waals surface area contributed by atoms with E-state index < -0.39 is 0 Å². The molecule has 0 spiro atoms. The van der Waals surface area contributed by atoms with Crippen molar-refractivity contribution in [1.29, 1.82) is 0 Å². The van der Waals surface area contributed by atoms with Crippen molar-refractivity contribution in [3.63, 3.8) is 0 Å². The molecular weight excluding hydrogens is 262 g/mol. The smallest absolute Gasteiger partial charge is 0.257 e. The summed E-state index contributed by atoms with van der Waals surface area (Å²) >= 11 is 4.90. The maximum atomic E-state index is 11.8. The Hall–Kier alpha value is -1.95. The van der Waals surface area contributed by atoms with E-state index in [-0.39, 0.29) is 16.9 Å². The molecule has 1 rings (SSSR count). The van der Waals surface area contributed by atoms with Crippen molar-refractivity contribution in [3.05, 3.63) is 35.4 Å². The van der Waals surface area contributed by atoms with E-state index in [1.807, 2.05) is 26.0 Å². The number of hydrazine groups is 1. The molecule has 0 unspecified atom stereocenters. The molecule has 0 saturated carbocycles. The summed E-state index contributed by atoms with van der Waals surface area (Å²) in [6, 6.07) is 7.11. The SMILES string of the molecule is CCCC(=O)NNC(=S)NC(=O)c1ccc(C)cc1. The van der Waals surface area contributed by atoms with Crippen LogP contribution in [-0.4, -0.2) is 16.9 Å². The molecule has 1 aromatic rings. The van der Waals surface area contributed by atoms with E-state index in [2.05, 4.69) is 16.2 Å². The molecule has 6 heteroatoms. The number of amides is 2. The first-order valence-electron chi connectivity index (χ1n) is 5.99. The topological polar surface area (TPSA) is 70.2 Å². The largest absolute Gasteiger partial charge is 0.298 e. The number of aryl methyl sites for hydroxylation is 1. The molecule has 0 atom stereocenters. The monoisotopic (exact) mass is 279 g/mol. The van der Waals surface area contributed by atoms with Gasteiger partial charge < -0.3 is 0 Å². The molecule has 0 fully saturated rings. The van der Waals surface area contributed by atoms with Gasteiger partial charge in [0, 0.05) is 12.0 Å². The molecule has 1 aromatic carbocycles. The Morgan fingerprint density at radius 3 is 2.37 bits per heavy atom. The van der Waals surface area contributed by atoms with Crippen molar-refractivity contribution in [1.82, 2.24) is 16.2 Å². The maximum Gasteiger partial charge on any atom is 0.257 e. The van der Waals surface area contributed by atoms with Crippen LogP contribution in [0.25, 0.3) is 0 Å². The van der Waals surface area contributed by atoms with E-state index in [1.165, 1.54) is 0 Å². The van der Waals surface area contributed by atoms with Gasteiger partial charge in [-0.05, 0) is 37.7 Å². The van der Waals surface area contributed by atoms with Crippen LogP contribution in [0.3, 0.4) is 0 Å². The van der Waals surface area contributed by atoms with E-state index in [0.717, 1.165) is 12.0 Å². The molecule has 102 valence electrons. The van der Waals surface area contributed by atoms with E-state index in [1.54, 1.807) is 12.1 Å². The number of hydrogen-bond donors (Lipinski definition) is 3. The van der Waals surface area contributed by atoms with Crippen molar-refractivity contribution in [2.24, 2.45) is 0 Å². The first kappa shape index (κ1) is 15.1. The normalized spacial score (nSPS) is 9.58. The van der Waals surface area contributed by atoms with Crippen LogP contribution in [0, 0.1) is 6.92 Å². The van der Waals surface area contributed by atoms with Gasteiger partial charge >= 0.3 is 0 Å². The molecule has 19 heavy (non-hydrogen) atoms. The molecule has 0 aromatic heterocycles. The van der Waals surface area contributed by atoms with Crippen LogP contribution in [-0.2, 0) is 4.79 Å². The molecule has 0 aliphatic carbocycles. The van der Waals surface area contributed by atoms with E-state index in [9.17, 15) is 9.59 Å². The van der Waals surface area contributed by atoms with E-state index in [0.29, 0.717) is 12.0 Å². The molecule has 0 saturated heterocycles. The highest BCUT2D eigenvalue weighted by molar-refractivity contribution is 7.80. The van der Waals surface area contributed by atoms with Crippen molar-refractivity contribution in [3.8, 4) is 0 Å². The van der Waals surface area contributed by atoms with Gasteiger partial charge in [0.25, 0.3) is 5.91 Å². The second-order valence-corrected chi connectivity index (χ2v) is 4.48. The van der Waals surface area contributed by atoms with Gasteiger partial charge in [-0.1, -0.05) is 24.6 Å². The van der Waals surface area contributed by atoms with E-state index in [4.69, 9.17) is 12.2 Å². The van der Waals surface area contributed by atoms with Crippen LogP contribution >= 0.6 is 12.2 Å². The lowest BCUT2D eigenvalue weighted by atomic mass is 10.1. The average Bonchev–Trinajstić information content (AvgIpc) is 2.37. The van der Waals surface area contributed by atoms with Crippen LogP contribution in [0.15, 0.2) is 24.3 Å². The van der Waals surface area contributed by atoms with Crippen LogP contribution in [0.5, 0.6) is 0 Å². The quantitative estimate of drug-likeness (QED) is 0.578. The number of thiocarbonyl (C=S) groups is 1. The predicted molar refractivity (Wildman–Crippen MR) is 77.4 cm³/mol. The van der Waals surface area contributed by atoms with Gasteiger partial charge in [-0.25, -0.2) is 0 Å². The zero-order valence-corrected chi connectivity index (χ0v) is 11.8. The zero-order valence-electron chi connectivity index (χ0n) is 10.9.